The van der Waals surface area contributed by atoms with Gasteiger partial charge in [-0.15, -0.1) is 0 Å². The summed E-state index contributed by atoms with van der Waals surface area (Å²) in [5.74, 6) is -2.32. The van der Waals surface area contributed by atoms with Gasteiger partial charge in [0, 0.05) is 6.20 Å². The van der Waals surface area contributed by atoms with Gasteiger partial charge in [-0.2, -0.15) is 13.2 Å². The first kappa shape index (κ1) is 16.4. The summed E-state index contributed by atoms with van der Waals surface area (Å²) in [5, 5.41) is 6.49. The fourth-order valence-electron chi connectivity index (χ4n) is 1.62. The van der Waals surface area contributed by atoms with Crippen LogP contribution in [-0.2, 0) is 20.8 Å². The quantitative estimate of drug-likeness (QED) is 0.919. The Balaban J connectivity index is 3.26. The van der Waals surface area contributed by atoms with Gasteiger partial charge < -0.3 is 5.11 Å². The third-order valence-corrected chi connectivity index (χ3v) is 4.78. The highest BCUT2D eigenvalue weighted by molar-refractivity contribution is 7.92. The van der Waals surface area contributed by atoms with Crippen LogP contribution in [0.15, 0.2) is 23.4 Å². The highest BCUT2D eigenvalue weighted by atomic mass is 32.2. The molecule has 20 heavy (non-hydrogen) atoms. The average molecular weight is 311 g/mol. The highest BCUT2D eigenvalue weighted by Gasteiger charge is 2.38. The number of sulfone groups is 1. The SMILES string of the molecule is CC(C)C(C(=O)O)S(=O)(=O)c1ccc(C(F)(F)F)cn1. The van der Waals surface area contributed by atoms with Crippen molar-refractivity contribution in [3.05, 3.63) is 23.9 Å². The predicted molar refractivity (Wildman–Crippen MR) is 62.7 cm³/mol. The largest absolute Gasteiger partial charge is 0.480 e. The molecule has 0 aromatic carbocycles. The van der Waals surface area contributed by atoms with E-state index >= 15 is 0 Å². The number of aliphatic carboxylic acids is 1. The lowest BCUT2D eigenvalue weighted by Gasteiger charge is -2.16. The van der Waals surface area contributed by atoms with Crippen LogP contribution < -0.4 is 0 Å². The Hall–Kier alpha value is -1.64. The first-order valence-electron chi connectivity index (χ1n) is 5.48. The van der Waals surface area contributed by atoms with Gasteiger partial charge in [0.15, 0.2) is 10.3 Å². The van der Waals surface area contributed by atoms with Gasteiger partial charge in [0.2, 0.25) is 9.84 Å². The Morgan fingerprint density at radius 2 is 1.85 bits per heavy atom. The summed E-state index contributed by atoms with van der Waals surface area (Å²) in [7, 11) is -4.34. The van der Waals surface area contributed by atoms with Crippen molar-refractivity contribution in [2.24, 2.45) is 5.92 Å². The lowest BCUT2D eigenvalue weighted by Crippen LogP contribution is -2.35. The molecule has 1 N–H and O–H groups in total. The van der Waals surface area contributed by atoms with Gasteiger partial charge in [0.25, 0.3) is 0 Å². The monoisotopic (exact) mass is 311 g/mol. The van der Waals surface area contributed by atoms with Gasteiger partial charge in [0.1, 0.15) is 0 Å². The molecule has 0 spiro atoms. The molecule has 1 heterocycles. The molecule has 1 aromatic rings. The molecule has 0 saturated carbocycles. The minimum absolute atomic E-state index is 0.367. The van der Waals surface area contributed by atoms with E-state index in [4.69, 9.17) is 5.11 Å². The third kappa shape index (κ3) is 3.27. The summed E-state index contributed by atoms with van der Waals surface area (Å²) in [6, 6.07) is 1.22. The number of carbonyl (C=O) groups is 1. The second kappa shape index (κ2) is 5.39. The molecule has 0 saturated heterocycles. The number of aromatic nitrogens is 1. The summed E-state index contributed by atoms with van der Waals surface area (Å²) < 4.78 is 61.1. The van der Waals surface area contributed by atoms with Gasteiger partial charge >= 0.3 is 12.1 Å². The molecule has 112 valence electrons. The van der Waals surface area contributed by atoms with Gasteiger partial charge in [-0.25, -0.2) is 13.4 Å². The van der Waals surface area contributed by atoms with E-state index in [0.717, 1.165) is 0 Å². The van der Waals surface area contributed by atoms with Crippen LogP contribution in [0.25, 0.3) is 0 Å². The zero-order valence-electron chi connectivity index (χ0n) is 10.5. The Kier molecular flexibility index (Phi) is 4.42. The van der Waals surface area contributed by atoms with E-state index in [1.54, 1.807) is 0 Å². The molecule has 9 heteroatoms. The van der Waals surface area contributed by atoms with Crippen molar-refractivity contribution in [3.8, 4) is 0 Å². The van der Waals surface area contributed by atoms with Crippen LogP contribution in [-0.4, -0.2) is 29.7 Å². The van der Waals surface area contributed by atoms with E-state index in [1.807, 2.05) is 0 Å². The molecular formula is C11H12F3NO4S. The lowest BCUT2D eigenvalue weighted by atomic mass is 10.1. The lowest BCUT2D eigenvalue weighted by molar-refractivity contribution is -0.138. The average Bonchev–Trinajstić information content (AvgIpc) is 2.26. The molecule has 0 amide bonds. The molecule has 0 radical (unpaired) electrons. The number of carboxylic acid groups (broad SMARTS) is 1. The molecule has 1 aromatic heterocycles. The third-order valence-electron chi connectivity index (χ3n) is 2.54. The Bertz CT molecular complexity index is 593. The number of rotatable bonds is 4. The number of hydrogen-bond acceptors (Lipinski definition) is 4. The van der Waals surface area contributed by atoms with Crippen molar-refractivity contribution in [2.45, 2.75) is 30.3 Å². The number of carboxylic acids is 1. The molecule has 0 bridgehead atoms. The molecular weight excluding hydrogens is 299 g/mol. The van der Waals surface area contributed by atoms with Gasteiger partial charge in [-0.3, -0.25) is 4.79 Å². The van der Waals surface area contributed by atoms with Crippen molar-refractivity contribution in [1.82, 2.24) is 4.98 Å². The normalized spacial score (nSPS) is 14.3. The van der Waals surface area contributed by atoms with Crippen LogP contribution >= 0.6 is 0 Å². The second-order valence-corrected chi connectivity index (χ2v) is 6.45. The van der Waals surface area contributed by atoms with Crippen molar-refractivity contribution < 1.29 is 31.5 Å². The first-order valence-corrected chi connectivity index (χ1v) is 7.02. The van der Waals surface area contributed by atoms with Crippen LogP contribution in [0.1, 0.15) is 19.4 Å². The van der Waals surface area contributed by atoms with Crippen molar-refractivity contribution in [1.29, 1.82) is 0 Å². The molecule has 0 aliphatic heterocycles. The summed E-state index contributed by atoms with van der Waals surface area (Å²) >= 11 is 0. The van der Waals surface area contributed by atoms with Crippen molar-refractivity contribution in [2.75, 3.05) is 0 Å². The first-order chi connectivity index (χ1) is 8.98. The summed E-state index contributed by atoms with van der Waals surface area (Å²) in [6.07, 6.45) is -4.27. The zero-order valence-corrected chi connectivity index (χ0v) is 11.4. The summed E-state index contributed by atoms with van der Waals surface area (Å²) in [6.45, 7) is 2.78. The van der Waals surface area contributed by atoms with E-state index in [1.165, 1.54) is 13.8 Å². The maximum absolute atomic E-state index is 12.3. The van der Waals surface area contributed by atoms with E-state index in [2.05, 4.69) is 4.98 Å². The van der Waals surface area contributed by atoms with E-state index in [-0.39, 0.29) is 0 Å². The van der Waals surface area contributed by atoms with Crippen LogP contribution in [0.5, 0.6) is 0 Å². The molecule has 5 nitrogen and oxygen atoms in total. The fraction of sp³-hybridized carbons (Fsp3) is 0.455. The number of alkyl halides is 3. The standard InChI is InChI=1S/C11H12F3NO4S/c1-6(2)9(10(16)17)20(18,19)8-4-3-7(5-15-8)11(12,13)14/h3-6,9H,1-2H3,(H,16,17). The van der Waals surface area contributed by atoms with Crippen molar-refractivity contribution >= 4 is 15.8 Å². The molecule has 1 unspecified atom stereocenters. The van der Waals surface area contributed by atoms with Crippen LogP contribution in [0.3, 0.4) is 0 Å². The molecule has 0 fully saturated rings. The molecule has 1 atom stereocenters. The zero-order chi connectivity index (χ0) is 15.7. The van der Waals surface area contributed by atoms with Crippen LogP contribution in [0.2, 0.25) is 0 Å². The smallest absolute Gasteiger partial charge is 0.417 e. The maximum atomic E-state index is 12.3. The van der Waals surface area contributed by atoms with E-state index in [9.17, 15) is 26.4 Å². The number of nitrogens with zero attached hydrogens (tertiary/aromatic N) is 1. The molecule has 1 rings (SSSR count). The van der Waals surface area contributed by atoms with Gasteiger partial charge in [-0.05, 0) is 18.1 Å². The minimum atomic E-state index is -4.64. The van der Waals surface area contributed by atoms with E-state index in [0.29, 0.717) is 18.3 Å². The fourth-order valence-corrected chi connectivity index (χ4v) is 3.32. The Morgan fingerprint density at radius 3 is 2.15 bits per heavy atom. The highest BCUT2D eigenvalue weighted by Crippen LogP contribution is 2.29. The van der Waals surface area contributed by atoms with Crippen LogP contribution in [0, 0.1) is 5.92 Å². The van der Waals surface area contributed by atoms with Gasteiger partial charge in [-0.1, -0.05) is 13.8 Å². The number of halogens is 3. The number of hydrogen-bond donors (Lipinski definition) is 1. The maximum Gasteiger partial charge on any atom is 0.417 e. The summed E-state index contributed by atoms with van der Waals surface area (Å²) in [4.78, 5) is 14.2. The minimum Gasteiger partial charge on any atom is -0.480 e. The van der Waals surface area contributed by atoms with Gasteiger partial charge in [0.05, 0.1) is 5.56 Å². The van der Waals surface area contributed by atoms with Crippen molar-refractivity contribution in [3.63, 3.8) is 0 Å². The molecule has 0 aliphatic rings. The summed E-state index contributed by atoms with van der Waals surface area (Å²) in [5.41, 5.74) is -1.10. The molecule has 0 aliphatic carbocycles. The van der Waals surface area contributed by atoms with E-state index < -0.39 is 43.7 Å². The number of pyridine rings is 1. The van der Waals surface area contributed by atoms with Crippen LogP contribution in [0.4, 0.5) is 13.2 Å². The predicted octanol–water partition coefficient (Wildman–Crippen LogP) is 1.98. The Labute approximate surface area is 113 Å². The topological polar surface area (TPSA) is 84.3 Å². The second-order valence-electron chi connectivity index (χ2n) is 4.43. The Morgan fingerprint density at radius 1 is 1.30 bits per heavy atom.